The van der Waals surface area contributed by atoms with Crippen molar-refractivity contribution < 1.29 is 9.42 Å². The number of nitrogens with one attached hydrogen (secondary N) is 1. The van der Waals surface area contributed by atoms with Crippen molar-refractivity contribution in [3.63, 3.8) is 0 Å². The predicted molar refractivity (Wildman–Crippen MR) is 88.7 cm³/mol. The van der Waals surface area contributed by atoms with Gasteiger partial charge in [0.2, 0.25) is 0 Å². The third kappa shape index (κ3) is 3.02. The maximum atomic E-state index is 12.6. The fourth-order valence-corrected chi connectivity index (χ4v) is 3.20. The first kappa shape index (κ1) is 15.5. The minimum absolute atomic E-state index is 0.126. The van der Waals surface area contributed by atoms with Crippen molar-refractivity contribution >= 4 is 5.91 Å². The monoisotopic (exact) mass is 338 g/mol. The van der Waals surface area contributed by atoms with E-state index >= 15 is 0 Å². The van der Waals surface area contributed by atoms with Gasteiger partial charge >= 0.3 is 0 Å². The molecular formula is C17H18N6O2. The van der Waals surface area contributed by atoms with Gasteiger partial charge in [-0.3, -0.25) is 14.9 Å². The van der Waals surface area contributed by atoms with E-state index in [-0.39, 0.29) is 11.8 Å². The molecule has 1 aliphatic heterocycles. The number of aromatic amines is 1. The van der Waals surface area contributed by atoms with E-state index in [1.54, 1.807) is 13.1 Å². The Kier molecular flexibility index (Phi) is 4.01. The van der Waals surface area contributed by atoms with Crippen molar-refractivity contribution in [2.75, 3.05) is 13.1 Å². The maximum absolute atomic E-state index is 12.6. The number of aryl methyl sites for hydroxylation is 1. The number of carbonyl (C=O) groups excluding carboxylic acids is 1. The zero-order valence-electron chi connectivity index (χ0n) is 13.8. The molecule has 0 aliphatic carbocycles. The van der Waals surface area contributed by atoms with Gasteiger partial charge in [0.1, 0.15) is 5.69 Å². The van der Waals surface area contributed by atoms with Crippen molar-refractivity contribution in [1.29, 1.82) is 0 Å². The molecule has 1 N–H and O–H groups in total. The van der Waals surface area contributed by atoms with Crippen LogP contribution in [0.2, 0.25) is 0 Å². The Balaban J connectivity index is 1.49. The third-order valence-corrected chi connectivity index (χ3v) is 4.60. The van der Waals surface area contributed by atoms with Gasteiger partial charge in [0, 0.05) is 48.2 Å². The summed E-state index contributed by atoms with van der Waals surface area (Å²) < 4.78 is 4.65. The van der Waals surface area contributed by atoms with Gasteiger partial charge in [-0.1, -0.05) is 11.2 Å². The molecule has 128 valence electrons. The molecule has 0 bridgehead atoms. The van der Waals surface area contributed by atoms with Crippen molar-refractivity contribution in [1.82, 2.24) is 30.4 Å². The van der Waals surface area contributed by atoms with Gasteiger partial charge in [0.15, 0.2) is 5.69 Å². The molecule has 1 fully saturated rings. The Hall–Kier alpha value is -3.03. The average Bonchev–Trinajstić information content (AvgIpc) is 3.33. The lowest BCUT2D eigenvalue weighted by Crippen LogP contribution is -2.39. The Bertz CT molecular complexity index is 856. The van der Waals surface area contributed by atoms with Crippen LogP contribution in [0.1, 0.15) is 40.6 Å². The first-order valence-electron chi connectivity index (χ1n) is 8.26. The zero-order valence-corrected chi connectivity index (χ0v) is 13.8. The van der Waals surface area contributed by atoms with Gasteiger partial charge in [-0.15, -0.1) is 0 Å². The van der Waals surface area contributed by atoms with E-state index in [0.717, 1.165) is 36.2 Å². The maximum Gasteiger partial charge on any atom is 0.278 e. The first-order valence-corrected chi connectivity index (χ1v) is 8.26. The van der Waals surface area contributed by atoms with Crippen LogP contribution in [0.3, 0.4) is 0 Å². The summed E-state index contributed by atoms with van der Waals surface area (Å²) in [5, 5.41) is 14.2. The summed E-state index contributed by atoms with van der Waals surface area (Å²) in [4.78, 5) is 19.0. The molecular weight excluding hydrogens is 320 g/mol. The molecule has 25 heavy (non-hydrogen) atoms. The standard InChI is InChI=1S/C17H18N6O2/c1-11-16(22-25-21-11)17(24)23-6-2-3-13(10-23)15-5-4-12(7-18-15)14-8-19-20-9-14/h4-5,7-9,13H,2-3,6,10H2,1H3,(H,19,20). The van der Waals surface area contributed by atoms with Crippen LogP contribution in [0, 0.1) is 6.92 Å². The molecule has 1 unspecified atom stereocenters. The van der Waals surface area contributed by atoms with Crippen molar-refractivity contribution in [2.45, 2.75) is 25.7 Å². The number of hydrogen-bond acceptors (Lipinski definition) is 6. The van der Waals surface area contributed by atoms with Gasteiger partial charge < -0.3 is 4.90 Å². The number of nitrogens with zero attached hydrogens (tertiary/aromatic N) is 5. The predicted octanol–water partition coefficient (Wildman–Crippen LogP) is 2.18. The summed E-state index contributed by atoms with van der Waals surface area (Å²) in [5.41, 5.74) is 3.84. The van der Waals surface area contributed by atoms with E-state index in [9.17, 15) is 4.79 Å². The van der Waals surface area contributed by atoms with Crippen LogP contribution < -0.4 is 0 Å². The second kappa shape index (κ2) is 6.46. The van der Waals surface area contributed by atoms with Crippen molar-refractivity contribution in [3.8, 4) is 11.1 Å². The minimum Gasteiger partial charge on any atom is -0.336 e. The highest BCUT2D eigenvalue weighted by Gasteiger charge is 2.29. The lowest BCUT2D eigenvalue weighted by molar-refractivity contribution is 0.0694. The Morgan fingerprint density at radius 2 is 2.20 bits per heavy atom. The molecule has 1 atom stereocenters. The molecule has 8 nitrogen and oxygen atoms in total. The van der Waals surface area contributed by atoms with Gasteiger partial charge in [-0.05, 0) is 31.0 Å². The normalized spacial score (nSPS) is 17.6. The lowest BCUT2D eigenvalue weighted by atomic mass is 9.93. The first-order chi connectivity index (χ1) is 12.2. The molecule has 3 aromatic heterocycles. The number of aromatic nitrogens is 5. The van der Waals surface area contributed by atoms with E-state index < -0.39 is 0 Å². The Morgan fingerprint density at radius 3 is 2.88 bits per heavy atom. The van der Waals surface area contributed by atoms with E-state index in [0.29, 0.717) is 17.9 Å². The second-order valence-electron chi connectivity index (χ2n) is 6.25. The molecule has 4 heterocycles. The minimum atomic E-state index is -0.126. The molecule has 0 aromatic carbocycles. The molecule has 3 aromatic rings. The van der Waals surface area contributed by atoms with Crippen LogP contribution >= 0.6 is 0 Å². The van der Waals surface area contributed by atoms with Gasteiger partial charge in [-0.2, -0.15) is 5.10 Å². The highest BCUT2D eigenvalue weighted by Crippen LogP contribution is 2.28. The summed E-state index contributed by atoms with van der Waals surface area (Å²) in [6.07, 6.45) is 7.41. The molecule has 1 aliphatic rings. The lowest BCUT2D eigenvalue weighted by Gasteiger charge is -2.32. The Morgan fingerprint density at radius 1 is 1.28 bits per heavy atom. The number of amides is 1. The topological polar surface area (TPSA) is 101 Å². The van der Waals surface area contributed by atoms with Crippen LogP contribution in [-0.4, -0.2) is 49.4 Å². The van der Waals surface area contributed by atoms with E-state index in [2.05, 4.69) is 30.1 Å². The summed E-state index contributed by atoms with van der Waals surface area (Å²) in [6.45, 7) is 3.07. The fourth-order valence-electron chi connectivity index (χ4n) is 3.20. The SMILES string of the molecule is Cc1nonc1C(=O)N1CCCC(c2ccc(-c3cn[nH]c3)cn2)C1. The highest BCUT2D eigenvalue weighted by molar-refractivity contribution is 5.93. The number of H-pyrrole nitrogens is 1. The van der Waals surface area contributed by atoms with Crippen LogP contribution in [0.25, 0.3) is 11.1 Å². The molecule has 1 saturated heterocycles. The fraction of sp³-hybridized carbons (Fsp3) is 0.353. The quantitative estimate of drug-likeness (QED) is 0.785. The molecule has 1 amide bonds. The van der Waals surface area contributed by atoms with Gasteiger partial charge in [0.05, 0.1) is 6.20 Å². The van der Waals surface area contributed by atoms with Crippen molar-refractivity contribution in [3.05, 3.63) is 47.8 Å². The zero-order chi connectivity index (χ0) is 17.2. The summed E-state index contributed by atoms with van der Waals surface area (Å²) in [7, 11) is 0. The van der Waals surface area contributed by atoms with Crippen molar-refractivity contribution in [2.24, 2.45) is 0 Å². The number of hydrogen-bond donors (Lipinski definition) is 1. The van der Waals surface area contributed by atoms with Crippen LogP contribution in [-0.2, 0) is 0 Å². The summed E-state index contributed by atoms with van der Waals surface area (Å²) in [5.74, 6) is 0.0923. The number of rotatable bonds is 3. The smallest absolute Gasteiger partial charge is 0.278 e. The molecule has 4 rings (SSSR count). The van der Waals surface area contributed by atoms with Gasteiger partial charge in [0.25, 0.3) is 5.91 Å². The molecule has 0 spiro atoms. The summed E-state index contributed by atoms with van der Waals surface area (Å²) >= 11 is 0. The number of piperidine rings is 1. The van der Waals surface area contributed by atoms with Crippen LogP contribution in [0.15, 0.2) is 35.4 Å². The largest absolute Gasteiger partial charge is 0.336 e. The molecule has 0 saturated carbocycles. The number of likely N-dealkylation sites (tertiary alicyclic amines) is 1. The number of carbonyl (C=O) groups is 1. The van der Waals surface area contributed by atoms with E-state index in [1.165, 1.54) is 0 Å². The second-order valence-corrected chi connectivity index (χ2v) is 6.25. The summed E-state index contributed by atoms with van der Waals surface area (Å²) in [6, 6.07) is 4.07. The highest BCUT2D eigenvalue weighted by atomic mass is 16.6. The number of pyridine rings is 1. The van der Waals surface area contributed by atoms with Crippen LogP contribution in [0.5, 0.6) is 0 Å². The Labute approximate surface area is 144 Å². The third-order valence-electron chi connectivity index (χ3n) is 4.60. The van der Waals surface area contributed by atoms with E-state index in [1.807, 2.05) is 29.4 Å². The molecule has 0 radical (unpaired) electrons. The average molecular weight is 338 g/mol. The molecule has 8 heteroatoms. The van der Waals surface area contributed by atoms with Gasteiger partial charge in [-0.25, -0.2) is 4.63 Å². The van der Waals surface area contributed by atoms with Crippen LogP contribution in [0.4, 0.5) is 0 Å². The van der Waals surface area contributed by atoms with E-state index in [4.69, 9.17) is 0 Å².